The average Bonchev–Trinajstić information content (AvgIpc) is 2.81. The standard InChI is InChI=1S/C20H33N/c1-21-19-15-11-7-3-2-5-9-13-17(19)18-14-10-6-4-8-12-16-20(18)21/h2-16H2,1H3. The summed E-state index contributed by atoms with van der Waals surface area (Å²) in [5, 5.41) is 0. The number of nitrogens with zero attached hydrogens (tertiary/aromatic N) is 1. The monoisotopic (exact) mass is 287 g/mol. The number of fused-ring (bicyclic) bond motifs is 3. The van der Waals surface area contributed by atoms with E-state index in [1.165, 1.54) is 96.3 Å². The molecule has 1 heterocycles. The van der Waals surface area contributed by atoms with E-state index < -0.39 is 0 Å². The Morgan fingerprint density at radius 1 is 0.476 bits per heavy atom. The highest BCUT2D eigenvalue weighted by Gasteiger charge is 2.20. The highest BCUT2D eigenvalue weighted by atomic mass is 15.0. The van der Waals surface area contributed by atoms with Gasteiger partial charge in [-0.1, -0.05) is 44.9 Å². The Labute approximate surface area is 131 Å². The van der Waals surface area contributed by atoms with Crippen molar-refractivity contribution in [3.8, 4) is 0 Å². The first kappa shape index (κ1) is 15.2. The van der Waals surface area contributed by atoms with Crippen LogP contribution in [0, 0.1) is 0 Å². The molecular weight excluding hydrogens is 254 g/mol. The summed E-state index contributed by atoms with van der Waals surface area (Å²) in [6, 6.07) is 0. The van der Waals surface area contributed by atoms with E-state index in [9.17, 15) is 0 Å². The smallest absolute Gasteiger partial charge is 0.0209 e. The first-order chi connectivity index (χ1) is 10.4. The van der Waals surface area contributed by atoms with Crippen molar-refractivity contribution in [1.82, 2.24) is 4.57 Å². The number of hydrogen-bond donors (Lipinski definition) is 0. The van der Waals surface area contributed by atoms with Crippen molar-refractivity contribution >= 4 is 0 Å². The molecule has 0 aliphatic heterocycles. The second-order valence-corrected chi connectivity index (χ2v) is 7.30. The molecule has 0 bridgehead atoms. The third-order valence-corrected chi connectivity index (χ3v) is 5.80. The summed E-state index contributed by atoms with van der Waals surface area (Å²) in [7, 11) is 2.36. The summed E-state index contributed by atoms with van der Waals surface area (Å²) in [6.45, 7) is 0. The predicted octanol–water partition coefficient (Wildman–Crippen LogP) is 5.51. The maximum absolute atomic E-state index is 2.62. The van der Waals surface area contributed by atoms with E-state index in [2.05, 4.69) is 11.6 Å². The second-order valence-electron chi connectivity index (χ2n) is 7.30. The largest absolute Gasteiger partial charge is 0.351 e. The molecule has 0 N–H and O–H groups in total. The van der Waals surface area contributed by atoms with Crippen LogP contribution in [0.25, 0.3) is 0 Å². The van der Waals surface area contributed by atoms with Gasteiger partial charge in [0.2, 0.25) is 0 Å². The lowest BCUT2D eigenvalue weighted by molar-refractivity contribution is 0.567. The SMILES string of the molecule is Cn1c2c(c3c1CCCCCCC3)CCCCCCCC2. The van der Waals surface area contributed by atoms with Gasteiger partial charge in [-0.25, -0.2) is 0 Å². The van der Waals surface area contributed by atoms with Crippen LogP contribution < -0.4 is 0 Å². The van der Waals surface area contributed by atoms with Crippen LogP contribution in [0.3, 0.4) is 0 Å². The van der Waals surface area contributed by atoms with Crippen LogP contribution in [0.2, 0.25) is 0 Å². The minimum absolute atomic E-state index is 1.33. The van der Waals surface area contributed by atoms with Crippen LogP contribution >= 0.6 is 0 Å². The Morgan fingerprint density at radius 2 is 0.810 bits per heavy atom. The van der Waals surface area contributed by atoms with Crippen LogP contribution in [0.5, 0.6) is 0 Å². The number of aromatic nitrogens is 1. The Balaban J connectivity index is 1.93. The lowest BCUT2D eigenvalue weighted by atomic mass is 9.94. The zero-order valence-electron chi connectivity index (χ0n) is 14.1. The molecule has 0 fully saturated rings. The third-order valence-electron chi connectivity index (χ3n) is 5.80. The van der Waals surface area contributed by atoms with Crippen molar-refractivity contribution < 1.29 is 0 Å². The summed E-state index contributed by atoms with van der Waals surface area (Å²) in [5.74, 6) is 0. The predicted molar refractivity (Wildman–Crippen MR) is 91.0 cm³/mol. The summed E-state index contributed by atoms with van der Waals surface area (Å²) in [6.07, 6.45) is 21.2. The molecule has 118 valence electrons. The zero-order chi connectivity index (χ0) is 14.5. The van der Waals surface area contributed by atoms with Crippen molar-refractivity contribution in [1.29, 1.82) is 0 Å². The Morgan fingerprint density at radius 3 is 1.24 bits per heavy atom. The van der Waals surface area contributed by atoms with Crippen molar-refractivity contribution in [2.75, 3.05) is 0 Å². The molecule has 0 unspecified atom stereocenters. The molecule has 0 spiro atoms. The van der Waals surface area contributed by atoms with E-state index in [0.29, 0.717) is 0 Å². The highest BCUT2D eigenvalue weighted by molar-refractivity contribution is 5.39. The van der Waals surface area contributed by atoms with Crippen molar-refractivity contribution in [2.45, 2.75) is 96.3 Å². The van der Waals surface area contributed by atoms with E-state index in [1.54, 1.807) is 22.5 Å². The molecule has 21 heavy (non-hydrogen) atoms. The zero-order valence-corrected chi connectivity index (χ0v) is 14.1. The highest BCUT2D eigenvalue weighted by Crippen LogP contribution is 2.31. The van der Waals surface area contributed by atoms with Gasteiger partial charge in [0.15, 0.2) is 0 Å². The molecule has 0 amide bonds. The summed E-state index contributed by atoms with van der Waals surface area (Å²) >= 11 is 0. The van der Waals surface area contributed by atoms with Gasteiger partial charge in [-0.15, -0.1) is 0 Å². The van der Waals surface area contributed by atoms with Crippen LogP contribution in [-0.4, -0.2) is 4.57 Å². The van der Waals surface area contributed by atoms with E-state index >= 15 is 0 Å². The van der Waals surface area contributed by atoms with Crippen molar-refractivity contribution in [3.63, 3.8) is 0 Å². The molecule has 2 aliphatic rings. The molecule has 0 atom stereocenters. The summed E-state index contributed by atoms with van der Waals surface area (Å²) in [4.78, 5) is 0. The maximum Gasteiger partial charge on any atom is 0.0209 e. The third kappa shape index (κ3) is 3.55. The van der Waals surface area contributed by atoms with Crippen LogP contribution in [-0.2, 0) is 32.7 Å². The Hall–Kier alpha value is -0.720. The molecule has 0 aromatic carbocycles. The fraction of sp³-hybridized carbons (Fsp3) is 0.800. The van der Waals surface area contributed by atoms with E-state index in [1.807, 2.05) is 0 Å². The van der Waals surface area contributed by atoms with Crippen molar-refractivity contribution in [2.24, 2.45) is 7.05 Å². The average molecular weight is 287 g/mol. The van der Waals surface area contributed by atoms with E-state index in [4.69, 9.17) is 0 Å². The second kappa shape index (κ2) is 7.51. The molecule has 1 aromatic rings. The molecule has 2 aliphatic carbocycles. The van der Waals surface area contributed by atoms with Gasteiger partial charge < -0.3 is 4.57 Å². The number of hydrogen-bond acceptors (Lipinski definition) is 0. The van der Waals surface area contributed by atoms with Gasteiger partial charge in [0.05, 0.1) is 0 Å². The van der Waals surface area contributed by atoms with Gasteiger partial charge in [0.25, 0.3) is 0 Å². The maximum atomic E-state index is 2.62. The lowest BCUT2D eigenvalue weighted by Crippen LogP contribution is -2.04. The molecule has 0 saturated carbocycles. The summed E-state index contributed by atoms with van der Waals surface area (Å²) < 4.78 is 2.62. The van der Waals surface area contributed by atoms with Crippen molar-refractivity contribution in [3.05, 3.63) is 22.5 Å². The molecule has 0 saturated heterocycles. The van der Waals surface area contributed by atoms with Gasteiger partial charge in [0, 0.05) is 18.4 Å². The lowest BCUT2D eigenvalue weighted by Gasteiger charge is -2.12. The van der Waals surface area contributed by atoms with E-state index in [0.717, 1.165) is 0 Å². The molecule has 1 nitrogen and oxygen atoms in total. The topological polar surface area (TPSA) is 4.93 Å². The van der Waals surface area contributed by atoms with Gasteiger partial charge in [-0.05, 0) is 62.5 Å². The molecule has 1 aromatic heterocycles. The van der Waals surface area contributed by atoms with Gasteiger partial charge in [-0.3, -0.25) is 0 Å². The summed E-state index contributed by atoms with van der Waals surface area (Å²) in [5.41, 5.74) is 7.00. The fourth-order valence-corrected chi connectivity index (χ4v) is 4.57. The van der Waals surface area contributed by atoms with E-state index in [-0.39, 0.29) is 0 Å². The van der Waals surface area contributed by atoms with Crippen LogP contribution in [0.4, 0.5) is 0 Å². The first-order valence-electron chi connectivity index (χ1n) is 9.56. The van der Waals surface area contributed by atoms with Gasteiger partial charge >= 0.3 is 0 Å². The fourth-order valence-electron chi connectivity index (χ4n) is 4.57. The minimum atomic E-state index is 1.33. The van der Waals surface area contributed by atoms with Gasteiger partial charge in [-0.2, -0.15) is 0 Å². The van der Waals surface area contributed by atoms with Gasteiger partial charge in [0.1, 0.15) is 0 Å². The Kier molecular flexibility index (Phi) is 5.43. The first-order valence-corrected chi connectivity index (χ1v) is 9.56. The molecular formula is C20H33N. The normalized spacial score (nSPS) is 21.6. The number of rotatable bonds is 0. The molecule has 1 heteroatoms. The molecule has 0 radical (unpaired) electrons. The van der Waals surface area contributed by atoms with Crippen LogP contribution in [0.15, 0.2) is 0 Å². The minimum Gasteiger partial charge on any atom is -0.351 e. The molecule has 3 rings (SSSR count). The Bertz CT molecular complexity index is 455. The quantitative estimate of drug-likeness (QED) is 0.592. The van der Waals surface area contributed by atoms with Crippen LogP contribution in [0.1, 0.15) is 93.1 Å².